The van der Waals surface area contributed by atoms with Crippen molar-refractivity contribution in [1.82, 2.24) is 9.55 Å². The highest BCUT2D eigenvalue weighted by Crippen LogP contribution is 2.29. The molecule has 0 aliphatic heterocycles. The Morgan fingerprint density at radius 3 is 2.81 bits per heavy atom. The number of furan rings is 1. The Morgan fingerprint density at radius 2 is 2.06 bits per heavy atom. The number of rotatable bonds is 2. The zero-order valence-corrected chi connectivity index (χ0v) is 9.57. The zero-order valence-electron chi connectivity index (χ0n) is 8.75. The lowest BCUT2D eigenvalue weighted by Crippen LogP contribution is -1.89. The van der Waals surface area contributed by atoms with E-state index >= 15 is 0 Å². The largest absolute Gasteiger partial charge is 0.458 e. The summed E-state index contributed by atoms with van der Waals surface area (Å²) in [4.78, 5) is 4.55. The Bertz CT molecular complexity index is 613. The second-order valence-corrected chi connectivity index (χ2v) is 4.45. The lowest BCUT2D eigenvalue weighted by Gasteiger charge is -1.98. The topological polar surface area (TPSA) is 31.0 Å². The third-order valence-corrected chi connectivity index (χ3v) is 3.41. The SMILES string of the molecule is Cn1c(Sc2ccco2)nc2ccccc21. The summed E-state index contributed by atoms with van der Waals surface area (Å²) in [6, 6.07) is 11.9. The monoisotopic (exact) mass is 230 g/mol. The van der Waals surface area contributed by atoms with Crippen LogP contribution in [0.5, 0.6) is 0 Å². The van der Waals surface area contributed by atoms with Crippen LogP contribution in [0.2, 0.25) is 0 Å². The van der Waals surface area contributed by atoms with Crippen LogP contribution >= 0.6 is 11.8 Å². The molecule has 3 rings (SSSR count). The van der Waals surface area contributed by atoms with Gasteiger partial charge in [-0.15, -0.1) is 0 Å². The van der Waals surface area contributed by atoms with Gasteiger partial charge in [-0.1, -0.05) is 12.1 Å². The molecular formula is C12H10N2OS. The molecule has 16 heavy (non-hydrogen) atoms. The molecule has 3 aromatic rings. The fourth-order valence-electron chi connectivity index (χ4n) is 1.63. The molecule has 4 heteroatoms. The maximum atomic E-state index is 5.30. The normalized spacial score (nSPS) is 11.1. The van der Waals surface area contributed by atoms with E-state index < -0.39 is 0 Å². The first-order valence-corrected chi connectivity index (χ1v) is 5.79. The van der Waals surface area contributed by atoms with Gasteiger partial charge in [0.2, 0.25) is 0 Å². The lowest BCUT2D eigenvalue weighted by atomic mass is 10.3. The number of aromatic nitrogens is 2. The van der Waals surface area contributed by atoms with Gasteiger partial charge in [-0.3, -0.25) is 0 Å². The van der Waals surface area contributed by atoms with E-state index in [-0.39, 0.29) is 0 Å². The van der Waals surface area contributed by atoms with Crippen LogP contribution in [0, 0.1) is 0 Å². The molecule has 3 nitrogen and oxygen atoms in total. The summed E-state index contributed by atoms with van der Waals surface area (Å²) >= 11 is 1.53. The van der Waals surface area contributed by atoms with Crippen LogP contribution in [0.4, 0.5) is 0 Å². The summed E-state index contributed by atoms with van der Waals surface area (Å²) in [6.45, 7) is 0. The van der Waals surface area contributed by atoms with Crippen molar-refractivity contribution in [3.8, 4) is 0 Å². The number of para-hydroxylation sites is 2. The van der Waals surface area contributed by atoms with Crippen molar-refractivity contribution in [1.29, 1.82) is 0 Å². The number of aryl methyl sites for hydroxylation is 1. The quantitative estimate of drug-likeness (QED) is 0.676. The first-order valence-electron chi connectivity index (χ1n) is 4.97. The van der Waals surface area contributed by atoms with E-state index in [1.807, 2.05) is 37.4 Å². The molecule has 0 N–H and O–H groups in total. The number of nitrogens with zero attached hydrogens (tertiary/aromatic N) is 2. The molecule has 80 valence electrons. The fourth-order valence-corrected chi connectivity index (χ4v) is 2.44. The molecule has 0 radical (unpaired) electrons. The summed E-state index contributed by atoms with van der Waals surface area (Å²) in [5.74, 6) is 0. The van der Waals surface area contributed by atoms with Gasteiger partial charge in [-0.2, -0.15) is 0 Å². The number of hydrogen-bond donors (Lipinski definition) is 0. The van der Waals surface area contributed by atoms with E-state index in [1.165, 1.54) is 11.8 Å². The Hall–Kier alpha value is -1.68. The second-order valence-electron chi connectivity index (χ2n) is 3.48. The van der Waals surface area contributed by atoms with Crippen LogP contribution in [0.25, 0.3) is 11.0 Å². The zero-order chi connectivity index (χ0) is 11.0. The molecule has 2 heterocycles. The molecule has 1 aromatic carbocycles. The third kappa shape index (κ3) is 1.51. The van der Waals surface area contributed by atoms with Crippen LogP contribution in [-0.2, 0) is 7.05 Å². The molecule has 2 aromatic heterocycles. The Labute approximate surface area is 97.1 Å². The highest BCUT2D eigenvalue weighted by molar-refractivity contribution is 7.99. The molecule has 0 fully saturated rings. The van der Waals surface area contributed by atoms with Gasteiger partial charge in [0, 0.05) is 7.05 Å². The summed E-state index contributed by atoms with van der Waals surface area (Å²) in [7, 11) is 2.01. The number of benzene rings is 1. The van der Waals surface area contributed by atoms with Crippen molar-refractivity contribution >= 4 is 22.8 Å². The van der Waals surface area contributed by atoms with Gasteiger partial charge in [0.05, 0.1) is 17.3 Å². The molecule has 0 saturated carbocycles. The van der Waals surface area contributed by atoms with Crippen LogP contribution in [0.3, 0.4) is 0 Å². The molecule has 0 saturated heterocycles. The number of imidazole rings is 1. The van der Waals surface area contributed by atoms with E-state index in [0.717, 1.165) is 21.3 Å². The van der Waals surface area contributed by atoms with Crippen LogP contribution in [-0.4, -0.2) is 9.55 Å². The van der Waals surface area contributed by atoms with Gasteiger partial charge in [-0.05, 0) is 36.0 Å². The summed E-state index contributed by atoms with van der Waals surface area (Å²) in [6.07, 6.45) is 1.67. The molecule has 0 aliphatic carbocycles. The van der Waals surface area contributed by atoms with E-state index in [1.54, 1.807) is 6.26 Å². The maximum Gasteiger partial charge on any atom is 0.176 e. The van der Waals surface area contributed by atoms with E-state index in [2.05, 4.69) is 15.6 Å². The van der Waals surface area contributed by atoms with Crippen LogP contribution in [0.1, 0.15) is 0 Å². The molecule has 0 spiro atoms. The fraction of sp³-hybridized carbons (Fsp3) is 0.0833. The average molecular weight is 230 g/mol. The lowest BCUT2D eigenvalue weighted by molar-refractivity contribution is 0.473. The Morgan fingerprint density at radius 1 is 1.19 bits per heavy atom. The van der Waals surface area contributed by atoms with Crippen molar-refractivity contribution in [3.05, 3.63) is 42.7 Å². The van der Waals surface area contributed by atoms with Gasteiger partial charge in [0.25, 0.3) is 0 Å². The minimum absolute atomic E-state index is 0.860. The minimum atomic E-state index is 0.860. The molecule has 0 aliphatic rings. The Kier molecular flexibility index (Phi) is 2.22. The van der Waals surface area contributed by atoms with Gasteiger partial charge in [-0.25, -0.2) is 4.98 Å². The van der Waals surface area contributed by atoms with Crippen LogP contribution < -0.4 is 0 Å². The first-order chi connectivity index (χ1) is 7.84. The maximum absolute atomic E-state index is 5.30. The smallest absolute Gasteiger partial charge is 0.176 e. The van der Waals surface area contributed by atoms with Crippen molar-refractivity contribution in [2.75, 3.05) is 0 Å². The van der Waals surface area contributed by atoms with Crippen molar-refractivity contribution < 1.29 is 4.42 Å². The molecular weight excluding hydrogens is 220 g/mol. The predicted octanol–water partition coefficient (Wildman–Crippen LogP) is 3.32. The van der Waals surface area contributed by atoms with Gasteiger partial charge >= 0.3 is 0 Å². The number of fused-ring (bicyclic) bond motifs is 1. The third-order valence-electron chi connectivity index (χ3n) is 2.43. The average Bonchev–Trinajstić information content (AvgIpc) is 2.90. The van der Waals surface area contributed by atoms with Crippen LogP contribution in [0.15, 0.2) is 57.3 Å². The molecule has 0 atom stereocenters. The molecule has 0 unspecified atom stereocenters. The number of hydrogen-bond acceptors (Lipinski definition) is 3. The highest BCUT2D eigenvalue weighted by Gasteiger charge is 2.09. The van der Waals surface area contributed by atoms with E-state index in [9.17, 15) is 0 Å². The van der Waals surface area contributed by atoms with Gasteiger partial charge in [0.1, 0.15) is 0 Å². The standard InChI is InChI=1S/C12H10N2OS/c1-14-10-6-3-2-5-9(10)13-12(14)16-11-7-4-8-15-11/h2-8H,1H3. The van der Waals surface area contributed by atoms with Crippen molar-refractivity contribution in [2.45, 2.75) is 10.2 Å². The second kappa shape index (κ2) is 3.72. The van der Waals surface area contributed by atoms with Crippen molar-refractivity contribution in [2.24, 2.45) is 7.05 Å². The molecule has 0 amide bonds. The van der Waals surface area contributed by atoms with Gasteiger partial charge in [0.15, 0.2) is 10.2 Å². The summed E-state index contributed by atoms with van der Waals surface area (Å²) in [5, 5.41) is 1.80. The van der Waals surface area contributed by atoms with Gasteiger partial charge < -0.3 is 8.98 Å². The van der Waals surface area contributed by atoms with E-state index in [0.29, 0.717) is 0 Å². The summed E-state index contributed by atoms with van der Waals surface area (Å²) in [5.41, 5.74) is 2.15. The summed E-state index contributed by atoms with van der Waals surface area (Å²) < 4.78 is 7.37. The predicted molar refractivity (Wildman–Crippen MR) is 63.5 cm³/mol. The highest BCUT2D eigenvalue weighted by atomic mass is 32.2. The minimum Gasteiger partial charge on any atom is -0.458 e. The Balaban J connectivity index is 2.07. The molecule has 0 bridgehead atoms. The van der Waals surface area contributed by atoms with Crippen molar-refractivity contribution in [3.63, 3.8) is 0 Å². The first kappa shape index (κ1) is 9.54. The van der Waals surface area contributed by atoms with E-state index in [4.69, 9.17) is 4.42 Å².